The van der Waals surface area contributed by atoms with Crippen molar-refractivity contribution in [3.05, 3.63) is 0 Å². The highest BCUT2D eigenvalue weighted by molar-refractivity contribution is 4.91. The van der Waals surface area contributed by atoms with Crippen molar-refractivity contribution in [2.24, 2.45) is 17.3 Å². The number of nitriles is 1. The minimum absolute atomic E-state index is 0.133. The highest BCUT2D eigenvalue weighted by Gasteiger charge is 2.24. The first-order valence-corrected chi connectivity index (χ1v) is 7.08. The summed E-state index contributed by atoms with van der Waals surface area (Å²) in [5, 5.41) is 8.94. The molecule has 2 heteroatoms. The Bertz CT molecular complexity index is 263. The number of rotatable bonds is 6. The van der Waals surface area contributed by atoms with Gasteiger partial charge in [-0.1, -0.05) is 20.3 Å². The van der Waals surface area contributed by atoms with Crippen LogP contribution in [0.2, 0.25) is 0 Å². The summed E-state index contributed by atoms with van der Waals surface area (Å²) in [5.74, 6) is 1.74. The predicted molar refractivity (Wildman–Crippen MR) is 72.6 cm³/mol. The molecule has 0 aromatic heterocycles. The molecule has 1 aliphatic rings. The molecular weight excluding hydrogens is 208 g/mol. The number of likely N-dealkylation sites (tertiary alicyclic amines) is 1. The summed E-state index contributed by atoms with van der Waals surface area (Å²) in [6, 6.07) is 2.38. The molecule has 1 aliphatic heterocycles. The molecule has 17 heavy (non-hydrogen) atoms. The first kappa shape index (κ1) is 14.5. The van der Waals surface area contributed by atoms with E-state index >= 15 is 0 Å². The Kier molecular flexibility index (Phi) is 5.46. The predicted octanol–water partition coefficient (Wildman–Crippen LogP) is 3.68. The van der Waals surface area contributed by atoms with Gasteiger partial charge in [0, 0.05) is 6.54 Å². The normalized spacial score (nSPS) is 22.0. The third-order valence-electron chi connectivity index (χ3n) is 4.08. The fourth-order valence-corrected chi connectivity index (χ4v) is 2.57. The summed E-state index contributed by atoms with van der Waals surface area (Å²) in [6.45, 7) is 12.6. The molecule has 2 nitrogen and oxygen atoms in total. The van der Waals surface area contributed by atoms with Crippen LogP contribution in [0.5, 0.6) is 0 Å². The molecule has 1 atom stereocenters. The molecule has 1 fully saturated rings. The molecule has 98 valence electrons. The highest BCUT2D eigenvalue weighted by Crippen LogP contribution is 2.25. The lowest BCUT2D eigenvalue weighted by molar-refractivity contribution is 0.290. The largest absolute Gasteiger partial charge is 0.303 e. The average Bonchev–Trinajstić information content (AvgIpc) is 2.73. The van der Waals surface area contributed by atoms with E-state index < -0.39 is 0 Å². The summed E-state index contributed by atoms with van der Waals surface area (Å²) < 4.78 is 0. The third-order valence-corrected chi connectivity index (χ3v) is 4.08. The Labute approximate surface area is 107 Å². The van der Waals surface area contributed by atoms with E-state index in [1.165, 1.54) is 38.9 Å². The van der Waals surface area contributed by atoms with Gasteiger partial charge in [-0.2, -0.15) is 5.26 Å². The van der Waals surface area contributed by atoms with Crippen molar-refractivity contribution in [2.45, 2.75) is 53.4 Å². The molecule has 0 aliphatic carbocycles. The van der Waals surface area contributed by atoms with Crippen LogP contribution in [0.1, 0.15) is 53.4 Å². The molecule has 1 unspecified atom stereocenters. The van der Waals surface area contributed by atoms with Gasteiger partial charge in [0.1, 0.15) is 0 Å². The molecule has 0 saturated carbocycles. The number of hydrogen-bond acceptors (Lipinski definition) is 2. The Morgan fingerprint density at radius 3 is 2.59 bits per heavy atom. The molecule has 0 bridgehead atoms. The molecule has 0 spiro atoms. The van der Waals surface area contributed by atoms with Crippen molar-refractivity contribution in [1.29, 1.82) is 5.26 Å². The number of unbranched alkanes of at least 4 members (excludes halogenated alkanes) is 1. The lowest BCUT2D eigenvalue weighted by Crippen LogP contribution is -2.23. The molecule has 0 N–H and O–H groups in total. The zero-order chi connectivity index (χ0) is 12.9. The van der Waals surface area contributed by atoms with Crippen LogP contribution in [0.25, 0.3) is 0 Å². The molecule has 1 saturated heterocycles. The Balaban J connectivity index is 2.11. The summed E-state index contributed by atoms with van der Waals surface area (Å²) in [6.07, 6.45) is 4.84. The smallest absolute Gasteiger partial charge is 0.0683 e. The van der Waals surface area contributed by atoms with Gasteiger partial charge in [0.25, 0.3) is 0 Å². The summed E-state index contributed by atoms with van der Waals surface area (Å²) >= 11 is 0. The maximum absolute atomic E-state index is 8.94. The fraction of sp³-hybridized carbons (Fsp3) is 0.933. The van der Waals surface area contributed by atoms with Crippen molar-refractivity contribution >= 4 is 0 Å². The fourth-order valence-electron chi connectivity index (χ4n) is 2.57. The summed E-state index contributed by atoms with van der Waals surface area (Å²) in [7, 11) is 0. The maximum atomic E-state index is 8.94. The quantitative estimate of drug-likeness (QED) is 0.658. The van der Waals surface area contributed by atoms with Gasteiger partial charge in [-0.3, -0.25) is 0 Å². The van der Waals surface area contributed by atoms with Crippen LogP contribution < -0.4 is 0 Å². The summed E-state index contributed by atoms with van der Waals surface area (Å²) in [5.41, 5.74) is -0.133. The second kappa shape index (κ2) is 6.40. The van der Waals surface area contributed by atoms with Crippen molar-refractivity contribution in [3.8, 4) is 6.07 Å². The van der Waals surface area contributed by atoms with Gasteiger partial charge in [-0.05, 0) is 58.0 Å². The van der Waals surface area contributed by atoms with Crippen molar-refractivity contribution in [2.75, 3.05) is 19.6 Å². The van der Waals surface area contributed by atoms with Crippen molar-refractivity contribution < 1.29 is 0 Å². The van der Waals surface area contributed by atoms with Gasteiger partial charge < -0.3 is 4.90 Å². The standard InChI is InChI=1S/C15H28N2/c1-13(2)14-7-10-17(11-14)9-6-5-8-15(3,4)12-16/h13-14H,5-11H2,1-4H3. The Morgan fingerprint density at radius 1 is 1.35 bits per heavy atom. The second-order valence-electron chi connectivity index (χ2n) is 6.55. The molecule has 1 rings (SSSR count). The molecule has 0 aromatic carbocycles. The number of nitrogens with zero attached hydrogens (tertiary/aromatic N) is 2. The van der Waals surface area contributed by atoms with Crippen LogP contribution >= 0.6 is 0 Å². The van der Waals surface area contributed by atoms with E-state index in [9.17, 15) is 0 Å². The van der Waals surface area contributed by atoms with E-state index in [4.69, 9.17) is 5.26 Å². The zero-order valence-electron chi connectivity index (χ0n) is 12.0. The lowest BCUT2D eigenvalue weighted by Gasteiger charge is -2.19. The maximum Gasteiger partial charge on any atom is 0.0683 e. The van der Waals surface area contributed by atoms with E-state index in [1.807, 2.05) is 13.8 Å². The molecule has 0 aromatic rings. The van der Waals surface area contributed by atoms with E-state index in [1.54, 1.807) is 0 Å². The molecule has 0 radical (unpaired) electrons. The van der Waals surface area contributed by atoms with E-state index in [0.717, 1.165) is 18.3 Å². The highest BCUT2D eigenvalue weighted by atomic mass is 15.1. The average molecular weight is 236 g/mol. The zero-order valence-corrected chi connectivity index (χ0v) is 12.0. The van der Waals surface area contributed by atoms with Crippen LogP contribution in [0, 0.1) is 28.6 Å². The van der Waals surface area contributed by atoms with E-state index in [2.05, 4.69) is 24.8 Å². The monoisotopic (exact) mass is 236 g/mol. The van der Waals surface area contributed by atoms with Crippen molar-refractivity contribution in [3.63, 3.8) is 0 Å². The van der Waals surface area contributed by atoms with Crippen LogP contribution in [0.4, 0.5) is 0 Å². The minimum Gasteiger partial charge on any atom is -0.303 e. The van der Waals surface area contributed by atoms with Gasteiger partial charge in [0.2, 0.25) is 0 Å². The second-order valence-corrected chi connectivity index (χ2v) is 6.55. The Hall–Kier alpha value is -0.550. The van der Waals surface area contributed by atoms with E-state index in [-0.39, 0.29) is 5.41 Å². The Morgan fingerprint density at radius 2 is 2.06 bits per heavy atom. The first-order chi connectivity index (χ1) is 7.94. The summed E-state index contributed by atoms with van der Waals surface area (Å²) in [4.78, 5) is 2.60. The van der Waals surface area contributed by atoms with Crippen LogP contribution in [-0.2, 0) is 0 Å². The van der Waals surface area contributed by atoms with Crippen molar-refractivity contribution in [1.82, 2.24) is 4.90 Å². The van der Waals surface area contributed by atoms with Crippen LogP contribution in [-0.4, -0.2) is 24.5 Å². The lowest BCUT2D eigenvalue weighted by atomic mass is 9.89. The van der Waals surface area contributed by atoms with Gasteiger partial charge in [0.05, 0.1) is 11.5 Å². The van der Waals surface area contributed by atoms with Crippen LogP contribution in [0.15, 0.2) is 0 Å². The SMILES string of the molecule is CC(C)C1CCN(CCCCC(C)(C)C#N)C1. The van der Waals surface area contributed by atoms with Gasteiger partial charge >= 0.3 is 0 Å². The van der Waals surface area contributed by atoms with Gasteiger partial charge in [-0.25, -0.2) is 0 Å². The van der Waals surface area contributed by atoms with Crippen LogP contribution in [0.3, 0.4) is 0 Å². The topological polar surface area (TPSA) is 27.0 Å². The molecule has 0 amide bonds. The minimum atomic E-state index is -0.133. The third kappa shape index (κ3) is 5.08. The molecular formula is C15H28N2. The van der Waals surface area contributed by atoms with Gasteiger partial charge in [0.15, 0.2) is 0 Å². The first-order valence-electron chi connectivity index (χ1n) is 7.08. The van der Waals surface area contributed by atoms with E-state index in [0.29, 0.717) is 0 Å². The number of hydrogen-bond donors (Lipinski definition) is 0. The van der Waals surface area contributed by atoms with Gasteiger partial charge in [-0.15, -0.1) is 0 Å². The molecule has 1 heterocycles.